The normalized spacial score (nSPS) is 12.0. The number of hydrogen-bond donors (Lipinski definition) is 5. The van der Waals surface area contributed by atoms with Gasteiger partial charge in [-0.3, -0.25) is 4.79 Å². The second-order valence-corrected chi connectivity index (χ2v) is 5.36. The zero-order chi connectivity index (χ0) is 18.7. The number of carboxylic acids is 1. The monoisotopic (exact) mass is 348 g/mol. The van der Waals surface area contributed by atoms with Crippen molar-refractivity contribution >= 4 is 11.8 Å². The fourth-order valence-corrected chi connectivity index (χ4v) is 2.03. The van der Waals surface area contributed by atoms with Gasteiger partial charge >= 0.3 is 5.97 Å². The lowest BCUT2D eigenvalue weighted by Gasteiger charge is -2.09. The zero-order valence-electron chi connectivity index (χ0n) is 14.3. The molecular formula is C15H24N8O2. The van der Waals surface area contributed by atoms with Gasteiger partial charge in [-0.05, 0) is 18.6 Å². The van der Waals surface area contributed by atoms with Crippen molar-refractivity contribution in [3.63, 3.8) is 0 Å². The summed E-state index contributed by atoms with van der Waals surface area (Å²) < 4.78 is 0. The number of nitrogens with one attached hydrogen (secondary N) is 2. The van der Waals surface area contributed by atoms with E-state index in [9.17, 15) is 4.79 Å². The van der Waals surface area contributed by atoms with Gasteiger partial charge in [0.25, 0.3) is 0 Å². The minimum Gasteiger partial charge on any atom is -0.481 e. The molecule has 0 saturated heterocycles. The van der Waals surface area contributed by atoms with Gasteiger partial charge in [0, 0.05) is 12.0 Å². The molecule has 0 saturated carbocycles. The third kappa shape index (κ3) is 7.40. The van der Waals surface area contributed by atoms with Crippen LogP contribution in [0.4, 0.5) is 0 Å². The first-order chi connectivity index (χ1) is 12.0. The summed E-state index contributed by atoms with van der Waals surface area (Å²) in [4.78, 5) is 10.7. The summed E-state index contributed by atoms with van der Waals surface area (Å²) in [5, 5.41) is 25.9. The average molecular weight is 348 g/mol. The maximum atomic E-state index is 10.7. The summed E-state index contributed by atoms with van der Waals surface area (Å²) in [6, 6.07) is 7.98. The van der Waals surface area contributed by atoms with Gasteiger partial charge in [0.1, 0.15) is 5.84 Å². The van der Waals surface area contributed by atoms with Crippen LogP contribution in [0.15, 0.2) is 29.4 Å². The molecule has 0 aliphatic heterocycles. The van der Waals surface area contributed by atoms with E-state index in [0.717, 1.165) is 12.0 Å². The van der Waals surface area contributed by atoms with Crippen molar-refractivity contribution in [2.45, 2.75) is 33.1 Å². The third-order valence-corrected chi connectivity index (χ3v) is 3.31. The van der Waals surface area contributed by atoms with E-state index < -0.39 is 11.9 Å². The highest BCUT2D eigenvalue weighted by atomic mass is 16.4. The average Bonchev–Trinajstić information content (AvgIpc) is 3.10. The fourth-order valence-electron chi connectivity index (χ4n) is 2.03. The van der Waals surface area contributed by atoms with E-state index in [-0.39, 0.29) is 12.3 Å². The van der Waals surface area contributed by atoms with Crippen molar-refractivity contribution in [2.75, 3.05) is 0 Å². The molecule has 0 radical (unpaired) electrons. The van der Waals surface area contributed by atoms with Crippen LogP contribution < -0.4 is 17.1 Å². The highest BCUT2D eigenvalue weighted by Gasteiger charge is 2.17. The number of hydrazone groups is 1. The van der Waals surface area contributed by atoms with Crippen molar-refractivity contribution in [3.05, 3.63) is 29.8 Å². The molecule has 0 aliphatic carbocycles. The molecule has 136 valence electrons. The number of nitrogens with two attached hydrogens (primary N) is 2. The summed E-state index contributed by atoms with van der Waals surface area (Å²) in [6.45, 7) is 3.96. The Balaban J connectivity index is 0.000000250. The summed E-state index contributed by atoms with van der Waals surface area (Å²) in [5.41, 5.74) is 9.63. The topological polar surface area (TPSA) is 168 Å². The number of carboxylic acid groups (broad SMARTS) is 1. The first kappa shape index (κ1) is 20.0. The van der Waals surface area contributed by atoms with Gasteiger partial charge in [-0.2, -0.15) is 10.3 Å². The molecule has 0 aliphatic rings. The Morgan fingerprint density at radius 1 is 1.40 bits per heavy atom. The number of hydrazine groups is 1. The molecule has 0 spiro atoms. The Morgan fingerprint density at radius 3 is 2.56 bits per heavy atom. The van der Waals surface area contributed by atoms with E-state index in [2.05, 4.69) is 25.7 Å². The predicted molar refractivity (Wildman–Crippen MR) is 93.9 cm³/mol. The lowest BCUT2D eigenvalue weighted by Crippen LogP contribution is -2.27. The molecule has 25 heavy (non-hydrogen) atoms. The summed E-state index contributed by atoms with van der Waals surface area (Å²) in [7, 11) is 0. The van der Waals surface area contributed by atoms with Crippen LogP contribution in [0.3, 0.4) is 0 Å². The Bertz CT molecular complexity index is 655. The number of hydrogen-bond acceptors (Lipinski definition) is 7. The van der Waals surface area contributed by atoms with Gasteiger partial charge in [0.15, 0.2) is 0 Å². The van der Waals surface area contributed by atoms with Crippen LogP contribution in [0.1, 0.15) is 31.7 Å². The highest BCUT2D eigenvalue weighted by Crippen LogP contribution is 2.13. The molecule has 2 aromatic rings. The van der Waals surface area contributed by atoms with Crippen molar-refractivity contribution < 1.29 is 9.90 Å². The minimum absolute atomic E-state index is 0.211. The summed E-state index contributed by atoms with van der Waals surface area (Å²) in [6.07, 6.45) is 1.63. The number of nitrogens with zero attached hydrogens (tertiary/aromatic N) is 4. The molecule has 1 aromatic carbocycles. The van der Waals surface area contributed by atoms with Crippen LogP contribution in [-0.2, 0) is 4.79 Å². The predicted octanol–water partition coefficient (Wildman–Crippen LogP) is 0.788. The Labute approximate surface area is 145 Å². The number of tetrazole rings is 1. The molecule has 0 bridgehead atoms. The second kappa shape index (κ2) is 10.7. The van der Waals surface area contributed by atoms with Crippen LogP contribution in [0.2, 0.25) is 0 Å². The fraction of sp³-hybridized carbons (Fsp3) is 0.400. The number of amidine groups is 1. The first-order valence-corrected chi connectivity index (χ1v) is 7.78. The number of aromatic amines is 1. The SMILES string of the molecule is CCCC(C/C(N)=N/NN)C(=O)O.Cc1ccc(-c2nn[nH]n2)cc1. The molecule has 1 heterocycles. The van der Waals surface area contributed by atoms with E-state index in [1.54, 1.807) is 0 Å². The Kier molecular flexibility index (Phi) is 8.58. The minimum atomic E-state index is -0.850. The van der Waals surface area contributed by atoms with Crippen LogP contribution in [0.5, 0.6) is 0 Å². The smallest absolute Gasteiger partial charge is 0.306 e. The maximum Gasteiger partial charge on any atom is 0.306 e. The lowest BCUT2D eigenvalue weighted by molar-refractivity contribution is -0.141. The second-order valence-electron chi connectivity index (χ2n) is 5.36. The lowest BCUT2D eigenvalue weighted by atomic mass is 10.00. The van der Waals surface area contributed by atoms with Crippen LogP contribution in [-0.4, -0.2) is 37.5 Å². The number of benzene rings is 1. The van der Waals surface area contributed by atoms with E-state index in [1.807, 2.05) is 43.6 Å². The molecule has 1 unspecified atom stereocenters. The van der Waals surface area contributed by atoms with E-state index in [4.69, 9.17) is 16.7 Å². The van der Waals surface area contributed by atoms with Gasteiger partial charge in [0.05, 0.1) is 5.92 Å². The number of aliphatic carboxylic acids is 1. The van der Waals surface area contributed by atoms with Crippen LogP contribution >= 0.6 is 0 Å². The molecule has 1 aromatic heterocycles. The molecule has 0 fully saturated rings. The molecule has 1 atom stereocenters. The molecule has 10 nitrogen and oxygen atoms in total. The highest BCUT2D eigenvalue weighted by molar-refractivity contribution is 5.84. The van der Waals surface area contributed by atoms with Gasteiger partial charge in [-0.25, -0.2) is 11.4 Å². The van der Waals surface area contributed by atoms with Gasteiger partial charge < -0.3 is 10.8 Å². The number of H-pyrrole nitrogens is 1. The van der Waals surface area contributed by atoms with E-state index in [0.29, 0.717) is 12.2 Å². The van der Waals surface area contributed by atoms with Gasteiger partial charge in [0.2, 0.25) is 5.82 Å². The Hall–Kier alpha value is -3.01. The standard InChI is InChI=1S/C8H8N4.C7H16N4O2/c1-6-2-4-7(5-3-6)8-9-11-12-10-8;1-2-3-5(7(12)13)4-6(8)10-11-9/h2-5H,1H3,(H,9,10,11,12);5,11H,2-4,9H2,1H3,(H2,8,10)(H,12,13). The molecule has 0 amide bonds. The zero-order valence-corrected chi connectivity index (χ0v) is 14.3. The molecule has 2 rings (SSSR count). The molecular weight excluding hydrogens is 324 g/mol. The van der Waals surface area contributed by atoms with Gasteiger partial charge in [-0.15, -0.1) is 10.2 Å². The summed E-state index contributed by atoms with van der Waals surface area (Å²) in [5.74, 6) is 4.42. The number of aromatic nitrogens is 4. The number of rotatable bonds is 7. The van der Waals surface area contributed by atoms with Crippen molar-refractivity contribution in [1.29, 1.82) is 0 Å². The first-order valence-electron chi connectivity index (χ1n) is 7.78. The molecule has 10 heteroatoms. The Morgan fingerprint density at radius 2 is 2.08 bits per heavy atom. The number of carbonyl (C=O) groups is 1. The molecule has 7 N–H and O–H groups in total. The van der Waals surface area contributed by atoms with E-state index >= 15 is 0 Å². The van der Waals surface area contributed by atoms with Crippen LogP contribution in [0, 0.1) is 12.8 Å². The van der Waals surface area contributed by atoms with Crippen molar-refractivity contribution in [2.24, 2.45) is 22.6 Å². The van der Waals surface area contributed by atoms with Gasteiger partial charge in [-0.1, -0.05) is 43.2 Å². The number of aryl methyl sites for hydroxylation is 1. The van der Waals surface area contributed by atoms with Crippen LogP contribution in [0.25, 0.3) is 11.4 Å². The van der Waals surface area contributed by atoms with E-state index in [1.165, 1.54) is 5.56 Å². The maximum absolute atomic E-state index is 10.7. The largest absolute Gasteiger partial charge is 0.481 e. The summed E-state index contributed by atoms with van der Waals surface area (Å²) >= 11 is 0. The van der Waals surface area contributed by atoms with Crippen molar-refractivity contribution in [3.8, 4) is 11.4 Å². The van der Waals surface area contributed by atoms with Crippen molar-refractivity contribution in [1.82, 2.24) is 26.2 Å². The third-order valence-electron chi connectivity index (χ3n) is 3.31. The quantitative estimate of drug-likeness (QED) is 0.212.